The van der Waals surface area contributed by atoms with Gasteiger partial charge in [0.05, 0.1) is 19.0 Å². The Morgan fingerprint density at radius 2 is 2.50 bits per heavy atom. The largest absolute Gasteiger partial charge is 0.394 e. The van der Waals surface area contributed by atoms with Gasteiger partial charge in [0.15, 0.2) is 15.8 Å². The van der Waals surface area contributed by atoms with Crippen LogP contribution in [0.5, 0.6) is 0 Å². The average molecular weight is 211 g/mol. The van der Waals surface area contributed by atoms with Crippen molar-refractivity contribution >= 4 is 23.4 Å². The molecule has 0 aliphatic heterocycles. The van der Waals surface area contributed by atoms with Gasteiger partial charge in [0, 0.05) is 0 Å². The molecule has 0 spiro atoms. The second kappa shape index (κ2) is 3.43. The highest BCUT2D eigenvalue weighted by Gasteiger charge is 2.11. The van der Waals surface area contributed by atoms with E-state index in [1.165, 1.54) is 6.33 Å². The number of fused-ring (bicyclic) bond motifs is 1. The van der Waals surface area contributed by atoms with Gasteiger partial charge in [-0.3, -0.25) is 0 Å². The van der Waals surface area contributed by atoms with Crippen LogP contribution in [0.3, 0.4) is 0 Å². The molecule has 7 heteroatoms. The number of H-pyrrole nitrogens is 1. The lowest BCUT2D eigenvalue weighted by atomic mass is 10.4. The number of rotatable bonds is 2. The molecule has 0 bridgehead atoms. The maximum absolute atomic E-state index is 8.99. The van der Waals surface area contributed by atoms with E-state index < -0.39 is 0 Å². The van der Waals surface area contributed by atoms with E-state index in [9.17, 15) is 0 Å². The van der Waals surface area contributed by atoms with Crippen LogP contribution in [0.15, 0.2) is 6.33 Å². The molecule has 74 valence electrons. The van der Waals surface area contributed by atoms with E-state index in [0.29, 0.717) is 15.8 Å². The standard InChI is InChI=1S/C7H9N5OS/c1-4(2-13)12-6-5(10-11-12)7(14)9-3-8-6/h3-4,13H,2H2,1H3,(H,8,9,14). The lowest BCUT2D eigenvalue weighted by Gasteiger charge is -2.07. The summed E-state index contributed by atoms with van der Waals surface area (Å²) >= 11 is 4.98. The Kier molecular flexibility index (Phi) is 2.26. The van der Waals surface area contributed by atoms with Crippen LogP contribution in [0.2, 0.25) is 0 Å². The first kappa shape index (κ1) is 9.22. The third-order valence-electron chi connectivity index (χ3n) is 1.96. The fraction of sp³-hybridized carbons (Fsp3) is 0.429. The van der Waals surface area contributed by atoms with Crippen LogP contribution in [0, 0.1) is 4.64 Å². The topological polar surface area (TPSA) is 79.6 Å². The lowest BCUT2D eigenvalue weighted by molar-refractivity contribution is 0.230. The van der Waals surface area contributed by atoms with E-state index in [-0.39, 0.29) is 12.6 Å². The van der Waals surface area contributed by atoms with Crippen molar-refractivity contribution in [2.75, 3.05) is 6.61 Å². The van der Waals surface area contributed by atoms with Crippen LogP contribution in [-0.4, -0.2) is 36.7 Å². The van der Waals surface area contributed by atoms with Gasteiger partial charge in [-0.2, -0.15) is 0 Å². The highest BCUT2D eigenvalue weighted by atomic mass is 32.1. The molecule has 0 fully saturated rings. The maximum atomic E-state index is 8.99. The highest BCUT2D eigenvalue weighted by Crippen LogP contribution is 2.12. The molecule has 0 aliphatic rings. The summed E-state index contributed by atoms with van der Waals surface area (Å²) in [6.07, 6.45) is 1.49. The van der Waals surface area contributed by atoms with E-state index in [1.54, 1.807) is 4.68 Å². The predicted molar refractivity (Wildman–Crippen MR) is 52.3 cm³/mol. The van der Waals surface area contributed by atoms with Gasteiger partial charge < -0.3 is 10.1 Å². The fourth-order valence-electron chi connectivity index (χ4n) is 1.17. The molecule has 2 N–H and O–H groups in total. The van der Waals surface area contributed by atoms with Crippen molar-refractivity contribution in [1.29, 1.82) is 0 Å². The number of aliphatic hydroxyl groups is 1. The molecule has 2 aromatic heterocycles. The van der Waals surface area contributed by atoms with Gasteiger partial charge in [0.2, 0.25) is 0 Å². The lowest BCUT2D eigenvalue weighted by Crippen LogP contribution is -2.11. The number of aromatic nitrogens is 5. The zero-order chi connectivity index (χ0) is 10.1. The SMILES string of the molecule is CC(CO)n1nnc2c(=S)nc[nH]c21. The van der Waals surface area contributed by atoms with Crippen LogP contribution in [0.1, 0.15) is 13.0 Å². The molecule has 14 heavy (non-hydrogen) atoms. The molecule has 0 aromatic carbocycles. The predicted octanol–water partition coefficient (Wildman–Crippen LogP) is 0.437. The molecule has 2 heterocycles. The normalized spacial score (nSPS) is 13.3. The molecule has 1 unspecified atom stereocenters. The first-order valence-electron chi connectivity index (χ1n) is 4.13. The first-order valence-corrected chi connectivity index (χ1v) is 4.54. The van der Waals surface area contributed by atoms with Gasteiger partial charge in [-0.15, -0.1) is 5.10 Å². The van der Waals surface area contributed by atoms with E-state index in [0.717, 1.165) is 0 Å². The minimum atomic E-state index is -0.131. The fourth-order valence-corrected chi connectivity index (χ4v) is 1.36. The third-order valence-corrected chi connectivity index (χ3v) is 2.26. The Bertz CT molecular complexity index is 504. The molecule has 0 amide bonds. The van der Waals surface area contributed by atoms with Gasteiger partial charge in [0.25, 0.3) is 0 Å². The maximum Gasteiger partial charge on any atom is 0.166 e. The zero-order valence-corrected chi connectivity index (χ0v) is 8.32. The molecule has 0 aliphatic carbocycles. The molecule has 0 saturated carbocycles. The summed E-state index contributed by atoms with van der Waals surface area (Å²) in [5.41, 5.74) is 1.24. The third kappa shape index (κ3) is 1.30. The molecular formula is C7H9N5OS. The Morgan fingerprint density at radius 1 is 1.71 bits per heavy atom. The quantitative estimate of drug-likeness (QED) is 0.704. The molecule has 0 radical (unpaired) electrons. The Hall–Kier alpha value is -1.34. The minimum absolute atomic E-state index is 0.00137. The van der Waals surface area contributed by atoms with Gasteiger partial charge in [-0.1, -0.05) is 17.4 Å². The number of aromatic amines is 1. The molecular weight excluding hydrogens is 202 g/mol. The van der Waals surface area contributed by atoms with Crippen LogP contribution in [0.25, 0.3) is 11.2 Å². The summed E-state index contributed by atoms with van der Waals surface area (Å²) in [6, 6.07) is -0.131. The number of nitrogens with zero attached hydrogens (tertiary/aromatic N) is 4. The summed E-state index contributed by atoms with van der Waals surface area (Å²) in [5.74, 6) is 0. The number of nitrogens with one attached hydrogen (secondary N) is 1. The Morgan fingerprint density at radius 3 is 3.21 bits per heavy atom. The number of hydrogen-bond acceptors (Lipinski definition) is 5. The summed E-state index contributed by atoms with van der Waals surface area (Å²) in [7, 11) is 0. The van der Waals surface area contributed by atoms with Crippen LogP contribution >= 0.6 is 12.2 Å². The van der Waals surface area contributed by atoms with Gasteiger partial charge in [-0.05, 0) is 6.92 Å². The van der Waals surface area contributed by atoms with Crippen LogP contribution in [0.4, 0.5) is 0 Å². The Labute approximate surface area is 84.6 Å². The van der Waals surface area contributed by atoms with Crippen molar-refractivity contribution in [2.24, 2.45) is 0 Å². The number of aliphatic hydroxyl groups excluding tert-OH is 1. The van der Waals surface area contributed by atoms with Crippen LogP contribution in [-0.2, 0) is 0 Å². The van der Waals surface area contributed by atoms with Gasteiger partial charge >= 0.3 is 0 Å². The van der Waals surface area contributed by atoms with Crippen LogP contribution < -0.4 is 0 Å². The zero-order valence-electron chi connectivity index (χ0n) is 7.51. The summed E-state index contributed by atoms with van der Waals surface area (Å²) < 4.78 is 2.00. The highest BCUT2D eigenvalue weighted by molar-refractivity contribution is 7.71. The van der Waals surface area contributed by atoms with Crippen molar-refractivity contribution in [3.63, 3.8) is 0 Å². The van der Waals surface area contributed by atoms with Crippen molar-refractivity contribution < 1.29 is 5.11 Å². The molecule has 6 nitrogen and oxygen atoms in total. The molecule has 1 atom stereocenters. The van der Waals surface area contributed by atoms with Crippen molar-refractivity contribution in [2.45, 2.75) is 13.0 Å². The van der Waals surface area contributed by atoms with Crippen molar-refractivity contribution in [3.05, 3.63) is 11.0 Å². The van der Waals surface area contributed by atoms with Crippen molar-refractivity contribution in [3.8, 4) is 0 Å². The first-order chi connectivity index (χ1) is 6.74. The average Bonchev–Trinajstić information content (AvgIpc) is 2.62. The van der Waals surface area contributed by atoms with Crippen molar-refractivity contribution in [1.82, 2.24) is 25.0 Å². The smallest absolute Gasteiger partial charge is 0.166 e. The molecule has 2 rings (SSSR count). The van der Waals surface area contributed by atoms with E-state index in [2.05, 4.69) is 20.3 Å². The number of hydrogen-bond donors (Lipinski definition) is 2. The monoisotopic (exact) mass is 211 g/mol. The molecule has 2 aromatic rings. The van der Waals surface area contributed by atoms with E-state index in [4.69, 9.17) is 17.3 Å². The second-order valence-corrected chi connectivity index (χ2v) is 3.36. The summed E-state index contributed by atoms with van der Waals surface area (Å²) in [4.78, 5) is 6.79. The van der Waals surface area contributed by atoms with E-state index >= 15 is 0 Å². The van der Waals surface area contributed by atoms with Gasteiger partial charge in [0.1, 0.15) is 0 Å². The summed E-state index contributed by atoms with van der Waals surface area (Å²) in [5, 5.41) is 16.8. The summed E-state index contributed by atoms with van der Waals surface area (Å²) in [6.45, 7) is 1.84. The second-order valence-electron chi connectivity index (χ2n) is 2.97. The minimum Gasteiger partial charge on any atom is -0.394 e. The Balaban J connectivity index is 2.70. The van der Waals surface area contributed by atoms with E-state index in [1.807, 2.05) is 6.92 Å². The molecule has 0 saturated heterocycles. The van der Waals surface area contributed by atoms with Gasteiger partial charge in [-0.25, -0.2) is 9.67 Å².